The summed E-state index contributed by atoms with van der Waals surface area (Å²) in [6.07, 6.45) is 0. The van der Waals surface area contributed by atoms with Gasteiger partial charge in [0.15, 0.2) is 0 Å². The van der Waals surface area contributed by atoms with Crippen molar-refractivity contribution in [2.24, 2.45) is 0 Å². The monoisotopic (exact) mass is 299 g/mol. The number of nitrogens with one attached hydrogen (secondary N) is 1. The molecule has 2 rings (SSSR count). The van der Waals surface area contributed by atoms with Crippen molar-refractivity contribution in [3.8, 4) is 0 Å². The molecule has 3 nitrogen and oxygen atoms in total. The van der Waals surface area contributed by atoms with Crippen LogP contribution >= 0.6 is 22.9 Å². The Kier molecular flexibility index (Phi) is 4.52. The van der Waals surface area contributed by atoms with E-state index in [2.05, 4.69) is 5.32 Å². The summed E-state index contributed by atoms with van der Waals surface area (Å²) in [7, 11) is 0. The van der Waals surface area contributed by atoms with Crippen LogP contribution in [0.4, 0.5) is 4.39 Å². The predicted molar refractivity (Wildman–Crippen MR) is 72.9 cm³/mol. The van der Waals surface area contributed by atoms with Crippen molar-refractivity contribution in [3.63, 3.8) is 0 Å². The first-order valence-electron chi connectivity index (χ1n) is 5.52. The molecule has 0 amide bonds. The molecule has 2 aromatic rings. The van der Waals surface area contributed by atoms with Gasteiger partial charge in [-0.25, -0.2) is 4.39 Å². The van der Waals surface area contributed by atoms with Gasteiger partial charge in [0.2, 0.25) is 0 Å². The number of aliphatic carboxylic acids is 1. The van der Waals surface area contributed by atoms with Crippen LogP contribution in [-0.2, 0) is 11.3 Å². The van der Waals surface area contributed by atoms with Gasteiger partial charge >= 0.3 is 5.97 Å². The SMILES string of the molecule is O=C(O)C(NCc1cccs1)c1c(F)cccc1Cl. The zero-order valence-corrected chi connectivity index (χ0v) is 11.3. The number of benzene rings is 1. The van der Waals surface area contributed by atoms with Gasteiger partial charge in [0.1, 0.15) is 11.9 Å². The van der Waals surface area contributed by atoms with Crippen molar-refractivity contribution >= 4 is 28.9 Å². The fourth-order valence-electron chi connectivity index (χ4n) is 1.72. The second-order valence-corrected chi connectivity index (χ2v) is 5.31. The van der Waals surface area contributed by atoms with Crippen LogP contribution in [0.3, 0.4) is 0 Å². The van der Waals surface area contributed by atoms with Crippen LogP contribution in [-0.4, -0.2) is 11.1 Å². The first kappa shape index (κ1) is 14.0. The lowest BCUT2D eigenvalue weighted by atomic mass is 10.1. The minimum atomic E-state index is -1.17. The molecule has 0 radical (unpaired) electrons. The van der Waals surface area contributed by atoms with Gasteiger partial charge in [-0.05, 0) is 23.6 Å². The van der Waals surface area contributed by atoms with E-state index in [4.69, 9.17) is 11.6 Å². The first-order valence-corrected chi connectivity index (χ1v) is 6.78. The summed E-state index contributed by atoms with van der Waals surface area (Å²) < 4.78 is 13.7. The fourth-order valence-corrected chi connectivity index (χ4v) is 2.64. The Hall–Kier alpha value is -1.43. The Morgan fingerprint density at radius 1 is 1.42 bits per heavy atom. The van der Waals surface area contributed by atoms with Crippen molar-refractivity contribution in [1.82, 2.24) is 5.32 Å². The molecule has 0 saturated carbocycles. The number of hydrogen-bond donors (Lipinski definition) is 2. The number of hydrogen-bond acceptors (Lipinski definition) is 3. The summed E-state index contributed by atoms with van der Waals surface area (Å²) in [4.78, 5) is 12.3. The Morgan fingerprint density at radius 3 is 2.79 bits per heavy atom. The largest absolute Gasteiger partial charge is 0.480 e. The molecule has 100 valence electrons. The van der Waals surface area contributed by atoms with Crippen molar-refractivity contribution < 1.29 is 14.3 Å². The van der Waals surface area contributed by atoms with Gasteiger partial charge in [0, 0.05) is 22.0 Å². The van der Waals surface area contributed by atoms with Gasteiger partial charge in [-0.2, -0.15) is 0 Å². The normalized spacial score (nSPS) is 12.3. The summed E-state index contributed by atoms with van der Waals surface area (Å²) in [5.41, 5.74) is -0.0341. The highest BCUT2D eigenvalue weighted by Crippen LogP contribution is 2.26. The Morgan fingerprint density at radius 2 is 2.21 bits per heavy atom. The van der Waals surface area contributed by atoms with Gasteiger partial charge in [-0.1, -0.05) is 23.7 Å². The van der Waals surface area contributed by atoms with Crippen molar-refractivity contribution in [1.29, 1.82) is 0 Å². The predicted octanol–water partition coefficient (Wildman–Crippen LogP) is 3.46. The van der Waals surface area contributed by atoms with Gasteiger partial charge in [0.05, 0.1) is 0 Å². The van der Waals surface area contributed by atoms with E-state index in [1.165, 1.54) is 29.5 Å². The van der Waals surface area contributed by atoms with E-state index in [9.17, 15) is 14.3 Å². The van der Waals surface area contributed by atoms with E-state index in [1.807, 2.05) is 17.5 Å². The van der Waals surface area contributed by atoms with Crippen LogP contribution in [0.2, 0.25) is 5.02 Å². The van der Waals surface area contributed by atoms with E-state index >= 15 is 0 Å². The third-order valence-electron chi connectivity index (χ3n) is 2.60. The van der Waals surface area contributed by atoms with Gasteiger partial charge < -0.3 is 5.11 Å². The molecule has 0 saturated heterocycles. The van der Waals surface area contributed by atoms with E-state index in [-0.39, 0.29) is 10.6 Å². The molecule has 1 aromatic carbocycles. The molecule has 6 heteroatoms. The van der Waals surface area contributed by atoms with Crippen molar-refractivity contribution in [3.05, 3.63) is 57.0 Å². The maximum Gasteiger partial charge on any atom is 0.325 e. The van der Waals surface area contributed by atoms with Gasteiger partial charge in [-0.3, -0.25) is 10.1 Å². The number of halogens is 2. The molecule has 1 atom stereocenters. The van der Waals surface area contributed by atoms with Crippen LogP contribution in [0.15, 0.2) is 35.7 Å². The van der Waals surface area contributed by atoms with Crippen LogP contribution in [0, 0.1) is 5.82 Å². The number of carbonyl (C=O) groups is 1. The summed E-state index contributed by atoms with van der Waals surface area (Å²) >= 11 is 7.39. The molecular weight excluding hydrogens is 289 g/mol. The number of rotatable bonds is 5. The average Bonchev–Trinajstić information content (AvgIpc) is 2.85. The molecule has 0 spiro atoms. The topological polar surface area (TPSA) is 49.3 Å². The molecule has 2 N–H and O–H groups in total. The third-order valence-corrected chi connectivity index (χ3v) is 3.80. The lowest BCUT2D eigenvalue weighted by Gasteiger charge is -2.16. The zero-order chi connectivity index (χ0) is 13.8. The van der Waals surface area contributed by atoms with E-state index in [0.717, 1.165) is 4.88 Å². The Bertz CT molecular complexity index is 554. The van der Waals surface area contributed by atoms with E-state index < -0.39 is 17.8 Å². The maximum atomic E-state index is 13.7. The lowest BCUT2D eigenvalue weighted by molar-refractivity contribution is -0.139. The Labute approximate surface area is 118 Å². The third kappa shape index (κ3) is 3.32. The maximum absolute atomic E-state index is 13.7. The highest BCUT2D eigenvalue weighted by atomic mass is 35.5. The Balaban J connectivity index is 2.23. The van der Waals surface area contributed by atoms with Crippen molar-refractivity contribution in [2.45, 2.75) is 12.6 Å². The molecule has 0 fully saturated rings. The molecule has 19 heavy (non-hydrogen) atoms. The summed E-state index contributed by atoms with van der Waals surface area (Å²) in [5, 5.41) is 14.0. The lowest BCUT2D eigenvalue weighted by Crippen LogP contribution is -2.29. The smallest absolute Gasteiger partial charge is 0.325 e. The summed E-state index contributed by atoms with van der Waals surface area (Å²) in [5.74, 6) is -1.79. The molecule has 0 aliphatic rings. The minimum Gasteiger partial charge on any atom is -0.480 e. The molecule has 1 unspecified atom stereocenters. The van der Waals surface area contributed by atoms with E-state index in [0.29, 0.717) is 6.54 Å². The molecular formula is C13H11ClFNO2S. The summed E-state index contributed by atoms with van der Waals surface area (Å²) in [6, 6.07) is 6.69. The first-order chi connectivity index (χ1) is 9.09. The number of thiophene rings is 1. The highest BCUT2D eigenvalue weighted by Gasteiger charge is 2.25. The summed E-state index contributed by atoms with van der Waals surface area (Å²) in [6.45, 7) is 0.347. The number of carboxylic acids is 1. The second-order valence-electron chi connectivity index (χ2n) is 3.87. The van der Waals surface area contributed by atoms with Crippen LogP contribution in [0.25, 0.3) is 0 Å². The molecule has 0 aliphatic carbocycles. The van der Waals surface area contributed by atoms with Crippen LogP contribution in [0.5, 0.6) is 0 Å². The van der Waals surface area contributed by atoms with Gasteiger partial charge in [-0.15, -0.1) is 11.3 Å². The number of carboxylic acid groups (broad SMARTS) is 1. The second kappa shape index (κ2) is 6.14. The molecule has 0 bridgehead atoms. The zero-order valence-electron chi connectivity index (χ0n) is 9.77. The standard InChI is InChI=1S/C13H11ClFNO2S/c14-9-4-1-5-10(15)11(9)12(13(17)18)16-7-8-3-2-6-19-8/h1-6,12,16H,7H2,(H,17,18). The van der Waals surface area contributed by atoms with Crippen molar-refractivity contribution in [2.75, 3.05) is 0 Å². The van der Waals surface area contributed by atoms with Crippen LogP contribution < -0.4 is 5.32 Å². The van der Waals surface area contributed by atoms with Crippen LogP contribution in [0.1, 0.15) is 16.5 Å². The van der Waals surface area contributed by atoms with E-state index in [1.54, 1.807) is 0 Å². The minimum absolute atomic E-state index is 0.0341. The fraction of sp³-hybridized carbons (Fsp3) is 0.154. The molecule has 1 heterocycles. The quantitative estimate of drug-likeness (QED) is 0.889. The molecule has 0 aliphatic heterocycles. The highest BCUT2D eigenvalue weighted by molar-refractivity contribution is 7.09. The average molecular weight is 300 g/mol. The molecule has 1 aromatic heterocycles. The van der Waals surface area contributed by atoms with Gasteiger partial charge in [0.25, 0.3) is 0 Å².